The van der Waals surface area contributed by atoms with E-state index in [4.69, 9.17) is 0 Å². The zero-order valence-corrected chi connectivity index (χ0v) is 13.7. The molecule has 3 rings (SSSR count). The van der Waals surface area contributed by atoms with Crippen LogP contribution in [0.5, 0.6) is 0 Å². The molecule has 1 fully saturated rings. The van der Waals surface area contributed by atoms with Gasteiger partial charge in [0.15, 0.2) is 5.16 Å². The van der Waals surface area contributed by atoms with Crippen molar-refractivity contribution in [3.63, 3.8) is 0 Å². The SMILES string of the molecule is CC(Sc1nc2ccccc2n1C(F)F)C(=O)NC1CCCC1. The Morgan fingerprint density at radius 3 is 2.74 bits per heavy atom. The van der Waals surface area contributed by atoms with E-state index in [1.54, 1.807) is 31.2 Å². The van der Waals surface area contributed by atoms with Crippen LogP contribution >= 0.6 is 11.8 Å². The molecule has 1 saturated carbocycles. The lowest BCUT2D eigenvalue weighted by molar-refractivity contribution is -0.120. The smallest absolute Gasteiger partial charge is 0.321 e. The third-order valence-electron chi connectivity index (χ3n) is 4.11. The number of alkyl halides is 2. The first-order chi connectivity index (χ1) is 11.1. The van der Waals surface area contributed by atoms with Crippen molar-refractivity contribution in [1.82, 2.24) is 14.9 Å². The zero-order valence-electron chi connectivity index (χ0n) is 12.8. The van der Waals surface area contributed by atoms with Gasteiger partial charge in [-0.1, -0.05) is 36.7 Å². The van der Waals surface area contributed by atoms with Gasteiger partial charge in [0.05, 0.1) is 16.3 Å². The summed E-state index contributed by atoms with van der Waals surface area (Å²) in [6, 6.07) is 6.99. The van der Waals surface area contributed by atoms with Gasteiger partial charge in [-0.2, -0.15) is 8.78 Å². The monoisotopic (exact) mass is 339 g/mol. The van der Waals surface area contributed by atoms with E-state index in [-0.39, 0.29) is 17.1 Å². The predicted octanol–water partition coefficient (Wildman–Crippen LogP) is 3.97. The zero-order chi connectivity index (χ0) is 16.4. The average Bonchev–Trinajstić information content (AvgIpc) is 3.13. The number of fused-ring (bicyclic) bond motifs is 1. The molecule has 1 unspecified atom stereocenters. The summed E-state index contributed by atoms with van der Waals surface area (Å²) in [6.45, 7) is -0.959. The lowest BCUT2D eigenvalue weighted by Crippen LogP contribution is -2.37. The van der Waals surface area contributed by atoms with Crippen LogP contribution in [0.2, 0.25) is 0 Å². The van der Waals surface area contributed by atoms with E-state index >= 15 is 0 Å². The number of hydrogen-bond donors (Lipinski definition) is 1. The molecule has 1 aliphatic carbocycles. The van der Waals surface area contributed by atoms with Crippen LogP contribution < -0.4 is 5.32 Å². The summed E-state index contributed by atoms with van der Waals surface area (Å²) < 4.78 is 27.6. The minimum Gasteiger partial charge on any atom is -0.352 e. The second-order valence-corrected chi connectivity index (χ2v) is 7.09. The van der Waals surface area contributed by atoms with Crippen LogP contribution in [-0.2, 0) is 4.79 Å². The minimum absolute atomic E-state index is 0.116. The second-order valence-electron chi connectivity index (χ2n) is 5.78. The van der Waals surface area contributed by atoms with Crippen molar-refractivity contribution in [2.24, 2.45) is 0 Å². The Morgan fingerprint density at radius 2 is 2.04 bits per heavy atom. The minimum atomic E-state index is -2.69. The first-order valence-electron chi connectivity index (χ1n) is 7.78. The number of rotatable bonds is 5. The van der Waals surface area contributed by atoms with Gasteiger partial charge in [0, 0.05) is 6.04 Å². The number of carbonyl (C=O) groups excluding carboxylic acids is 1. The Labute approximate surface area is 137 Å². The maximum Gasteiger partial charge on any atom is 0.321 e. The van der Waals surface area contributed by atoms with Crippen molar-refractivity contribution in [3.05, 3.63) is 24.3 Å². The summed E-state index contributed by atoms with van der Waals surface area (Å²) in [4.78, 5) is 16.5. The van der Waals surface area contributed by atoms with E-state index in [2.05, 4.69) is 10.3 Å². The molecule has 0 radical (unpaired) electrons. The Morgan fingerprint density at radius 1 is 1.35 bits per heavy atom. The topological polar surface area (TPSA) is 46.9 Å². The maximum atomic E-state index is 13.4. The van der Waals surface area contributed by atoms with E-state index in [0.29, 0.717) is 11.0 Å². The molecule has 7 heteroatoms. The quantitative estimate of drug-likeness (QED) is 0.839. The fourth-order valence-corrected chi connectivity index (χ4v) is 3.83. The van der Waals surface area contributed by atoms with Crippen LogP contribution in [0.1, 0.15) is 39.2 Å². The first kappa shape index (κ1) is 16.2. The average molecular weight is 339 g/mol. The van der Waals surface area contributed by atoms with Crippen molar-refractivity contribution < 1.29 is 13.6 Å². The first-order valence-corrected chi connectivity index (χ1v) is 8.66. The van der Waals surface area contributed by atoms with Crippen LogP contribution in [-0.4, -0.2) is 26.8 Å². The summed E-state index contributed by atoms with van der Waals surface area (Å²) in [5.74, 6) is -0.116. The Kier molecular flexibility index (Phi) is 4.84. The van der Waals surface area contributed by atoms with E-state index in [9.17, 15) is 13.6 Å². The highest BCUT2D eigenvalue weighted by atomic mass is 32.2. The van der Waals surface area contributed by atoms with E-state index in [1.165, 1.54) is 0 Å². The molecular weight excluding hydrogens is 320 g/mol. The van der Waals surface area contributed by atoms with Gasteiger partial charge in [0.2, 0.25) is 5.91 Å². The number of para-hydroxylation sites is 2. The van der Waals surface area contributed by atoms with Crippen LogP contribution in [0, 0.1) is 0 Å². The van der Waals surface area contributed by atoms with Gasteiger partial charge >= 0.3 is 6.55 Å². The third-order valence-corrected chi connectivity index (χ3v) is 5.18. The Balaban J connectivity index is 1.77. The largest absolute Gasteiger partial charge is 0.352 e. The number of imidazole rings is 1. The molecule has 23 heavy (non-hydrogen) atoms. The standard InChI is InChI=1S/C16H19F2N3OS/c1-10(14(22)19-11-6-2-3-7-11)23-16-20-12-8-4-5-9-13(12)21(16)15(17)18/h4-5,8-11,15H,2-3,6-7H2,1H3,(H,19,22). The van der Waals surface area contributed by atoms with Gasteiger partial charge in [-0.25, -0.2) is 4.98 Å². The van der Waals surface area contributed by atoms with Crippen LogP contribution in [0.25, 0.3) is 11.0 Å². The number of hydrogen-bond acceptors (Lipinski definition) is 3. The van der Waals surface area contributed by atoms with Crippen LogP contribution in [0.3, 0.4) is 0 Å². The van der Waals surface area contributed by atoms with Crippen LogP contribution in [0.15, 0.2) is 29.4 Å². The van der Waals surface area contributed by atoms with E-state index < -0.39 is 11.8 Å². The maximum absolute atomic E-state index is 13.4. The number of amides is 1. The van der Waals surface area contributed by atoms with Gasteiger partial charge < -0.3 is 5.32 Å². The molecule has 0 spiro atoms. The Hall–Kier alpha value is -1.63. The molecule has 0 saturated heterocycles. The molecule has 1 aromatic carbocycles. The molecule has 1 heterocycles. The number of carbonyl (C=O) groups is 1. The summed E-state index contributed by atoms with van der Waals surface area (Å²) in [5, 5.41) is 2.71. The van der Waals surface area contributed by atoms with Crippen molar-refractivity contribution in [2.75, 3.05) is 0 Å². The van der Waals surface area contributed by atoms with Gasteiger partial charge in [-0.3, -0.25) is 9.36 Å². The number of thioether (sulfide) groups is 1. The lowest BCUT2D eigenvalue weighted by Gasteiger charge is -2.16. The normalized spacial score (nSPS) is 17.0. The molecule has 124 valence electrons. The van der Waals surface area contributed by atoms with Gasteiger partial charge in [0.1, 0.15) is 0 Å². The second kappa shape index (κ2) is 6.86. The van der Waals surface area contributed by atoms with Gasteiger partial charge in [-0.05, 0) is 31.9 Å². The molecule has 0 bridgehead atoms. The molecule has 1 atom stereocenters. The molecule has 1 aliphatic rings. The number of nitrogens with one attached hydrogen (secondary N) is 1. The van der Waals surface area contributed by atoms with Crippen LogP contribution in [0.4, 0.5) is 8.78 Å². The fourth-order valence-electron chi connectivity index (χ4n) is 2.89. The summed E-state index contributed by atoms with van der Waals surface area (Å²) in [5.41, 5.74) is 0.895. The van der Waals surface area contributed by atoms with Crippen molar-refractivity contribution in [3.8, 4) is 0 Å². The number of aromatic nitrogens is 2. The molecular formula is C16H19F2N3OS. The molecule has 1 aromatic heterocycles. The third kappa shape index (κ3) is 3.49. The van der Waals surface area contributed by atoms with Crippen molar-refractivity contribution in [1.29, 1.82) is 0 Å². The molecule has 0 aliphatic heterocycles. The molecule has 4 nitrogen and oxygen atoms in total. The Bertz CT molecular complexity index is 698. The highest BCUT2D eigenvalue weighted by Gasteiger charge is 2.25. The fraction of sp³-hybridized carbons (Fsp3) is 0.500. The van der Waals surface area contributed by atoms with Gasteiger partial charge in [-0.15, -0.1) is 0 Å². The number of nitrogens with zero attached hydrogens (tertiary/aromatic N) is 2. The highest BCUT2D eigenvalue weighted by molar-refractivity contribution is 8.00. The molecule has 1 amide bonds. The summed E-state index contributed by atoms with van der Waals surface area (Å²) in [7, 11) is 0. The number of halogens is 2. The lowest BCUT2D eigenvalue weighted by atomic mass is 10.2. The molecule has 2 aromatic rings. The highest BCUT2D eigenvalue weighted by Crippen LogP contribution is 2.31. The van der Waals surface area contributed by atoms with Crippen molar-refractivity contribution in [2.45, 2.75) is 55.6 Å². The van der Waals surface area contributed by atoms with Crippen molar-refractivity contribution >= 4 is 28.7 Å². The number of benzene rings is 1. The summed E-state index contributed by atoms with van der Waals surface area (Å²) in [6.07, 6.45) is 4.26. The van der Waals surface area contributed by atoms with E-state index in [1.807, 2.05) is 0 Å². The summed E-state index contributed by atoms with van der Waals surface area (Å²) >= 11 is 1.08. The van der Waals surface area contributed by atoms with Gasteiger partial charge in [0.25, 0.3) is 0 Å². The van der Waals surface area contributed by atoms with E-state index in [0.717, 1.165) is 42.0 Å². The predicted molar refractivity (Wildman–Crippen MR) is 86.7 cm³/mol. The molecule has 1 N–H and O–H groups in total.